The molecule has 108 valence electrons. The number of aromatic nitrogens is 2. The molecule has 0 amide bonds. The predicted octanol–water partition coefficient (Wildman–Crippen LogP) is 2.81. The van der Waals surface area contributed by atoms with Gasteiger partial charge < -0.3 is 5.32 Å². The molecule has 0 saturated carbocycles. The number of hydrogen-bond acceptors (Lipinski definition) is 2. The smallest absolute Gasteiger partial charge is 0.316 e. The van der Waals surface area contributed by atoms with E-state index < -0.39 is 17.6 Å². The van der Waals surface area contributed by atoms with Gasteiger partial charge in [-0.3, -0.25) is 4.68 Å². The molecule has 0 bridgehead atoms. The van der Waals surface area contributed by atoms with Gasteiger partial charge in [0.1, 0.15) is 5.82 Å². The van der Waals surface area contributed by atoms with Crippen LogP contribution in [-0.2, 0) is 19.3 Å². The van der Waals surface area contributed by atoms with Gasteiger partial charge in [-0.05, 0) is 24.7 Å². The average Bonchev–Trinajstić information content (AvgIpc) is 2.82. The third-order valence-corrected chi connectivity index (χ3v) is 2.78. The first-order valence-corrected chi connectivity index (χ1v) is 5.91. The van der Waals surface area contributed by atoms with Crippen LogP contribution in [0.2, 0.25) is 0 Å². The fourth-order valence-electron chi connectivity index (χ4n) is 1.83. The molecular formula is C13H13F4N3. The van der Waals surface area contributed by atoms with E-state index in [0.717, 1.165) is 22.6 Å². The topological polar surface area (TPSA) is 29.9 Å². The molecule has 1 N–H and O–H groups in total. The number of alkyl halides is 3. The van der Waals surface area contributed by atoms with Crippen LogP contribution in [0.1, 0.15) is 16.7 Å². The molecule has 0 fully saturated rings. The molecule has 0 saturated heterocycles. The molecule has 1 aromatic heterocycles. The second-order valence-electron chi connectivity index (χ2n) is 4.38. The maximum absolute atomic E-state index is 13.7. The van der Waals surface area contributed by atoms with Crippen LogP contribution in [0.15, 0.2) is 30.6 Å². The summed E-state index contributed by atoms with van der Waals surface area (Å²) in [7, 11) is 1.76. The van der Waals surface area contributed by atoms with E-state index in [4.69, 9.17) is 0 Å². The van der Waals surface area contributed by atoms with Gasteiger partial charge in [0.25, 0.3) is 0 Å². The first-order chi connectivity index (χ1) is 9.40. The number of nitrogens with one attached hydrogen (secondary N) is 1. The van der Waals surface area contributed by atoms with Crippen LogP contribution < -0.4 is 5.32 Å². The molecule has 0 radical (unpaired) electrons. The van der Waals surface area contributed by atoms with Gasteiger partial charge in [-0.2, -0.15) is 18.3 Å². The minimum Gasteiger partial charge on any atom is -0.316 e. The van der Waals surface area contributed by atoms with Gasteiger partial charge in [0.05, 0.1) is 18.3 Å². The number of benzene rings is 1. The van der Waals surface area contributed by atoms with Crippen molar-refractivity contribution in [2.75, 3.05) is 7.05 Å². The van der Waals surface area contributed by atoms with Gasteiger partial charge in [0, 0.05) is 18.3 Å². The summed E-state index contributed by atoms with van der Waals surface area (Å²) in [6, 6.07) is 4.54. The third-order valence-electron chi connectivity index (χ3n) is 2.78. The molecule has 20 heavy (non-hydrogen) atoms. The molecular weight excluding hydrogens is 274 g/mol. The van der Waals surface area contributed by atoms with E-state index in [9.17, 15) is 17.6 Å². The van der Waals surface area contributed by atoms with Crippen LogP contribution in [0, 0.1) is 5.82 Å². The zero-order chi connectivity index (χ0) is 14.8. The Bertz CT molecular complexity index is 590. The lowest BCUT2D eigenvalue weighted by Crippen LogP contribution is -2.08. The highest BCUT2D eigenvalue weighted by molar-refractivity contribution is 5.25. The van der Waals surface area contributed by atoms with Gasteiger partial charge in [-0.15, -0.1) is 0 Å². The van der Waals surface area contributed by atoms with E-state index >= 15 is 0 Å². The zero-order valence-electron chi connectivity index (χ0n) is 10.7. The van der Waals surface area contributed by atoms with E-state index in [-0.39, 0.29) is 6.54 Å². The van der Waals surface area contributed by atoms with Crippen LogP contribution in [-0.4, -0.2) is 16.8 Å². The Morgan fingerprint density at radius 3 is 2.65 bits per heavy atom. The Kier molecular flexibility index (Phi) is 4.08. The largest absolute Gasteiger partial charge is 0.419 e. The van der Waals surface area contributed by atoms with Crippen LogP contribution in [0.3, 0.4) is 0 Å². The summed E-state index contributed by atoms with van der Waals surface area (Å²) in [5, 5.41) is 6.53. The SMILES string of the molecule is CNCc1ccc(F)c(Cn2cc(C(F)(F)F)cn2)c1. The van der Waals surface area contributed by atoms with Gasteiger partial charge in [0.2, 0.25) is 0 Å². The van der Waals surface area contributed by atoms with Crippen LogP contribution >= 0.6 is 0 Å². The molecule has 0 aliphatic heterocycles. The van der Waals surface area contributed by atoms with E-state index in [2.05, 4.69) is 10.4 Å². The summed E-state index contributed by atoms with van der Waals surface area (Å²) in [6.07, 6.45) is -2.84. The summed E-state index contributed by atoms with van der Waals surface area (Å²) >= 11 is 0. The lowest BCUT2D eigenvalue weighted by Gasteiger charge is -2.07. The predicted molar refractivity (Wildman–Crippen MR) is 65.5 cm³/mol. The lowest BCUT2D eigenvalue weighted by molar-refractivity contribution is -0.137. The molecule has 3 nitrogen and oxygen atoms in total. The Labute approximate surface area is 113 Å². The van der Waals surface area contributed by atoms with Crippen molar-refractivity contribution < 1.29 is 17.6 Å². The van der Waals surface area contributed by atoms with E-state index in [1.165, 1.54) is 6.07 Å². The van der Waals surface area contributed by atoms with Crippen LogP contribution in [0.25, 0.3) is 0 Å². The Balaban J connectivity index is 2.21. The lowest BCUT2D eigenvalue weighted by atomic mass is 10.1. The quantitative estimate of drug-likeness (QED) is 0.876. The number of hydrogen-bond donors (Lipinski definition) is 1. The first kappa shape index (κ1) is 14.5. The van der Waals surface area contributed by atoms with Gasteiger partial charge in [-0.1, -0.05) is 6.07 Å². The first-order valence-electron chi connectivity index (χ1n) is 5.91. The number of halogens is 4. The summed E-state index contributed by atoms with van der Waals surface area (Å²) in [4.78, 5) is 0. The molecule has 1 heterocycles. The zero-order valence-corrected chi connectivity index (χ0v) is 10.7. The summed E-state index contributed by atoms with van der Waals surface area (Å²) in [6.45, 7) is 0.514. The Morgan fingerprint density at radius 1 is 1.30 bits per heavy atom. The monoisotopic (exact) mass is 287 g/mol. The number of nitrogens with zero attached hydrogens (tertiary/aromatic N) is 2. The van der Waals surface area contributed by atoms with Gasteiger partial charge >= 0.3 is 6.18 Å². The van der Waals surface area contributed by atoms with Crippen molar-refractivity contribution in [2.24, 2.45) is 0 Å². The van der Waals surface area contributed by atoms with Crippen molar-refractivity contribution >= 4 is 0 Å². The minimum absolute atomic E-state index is 0.0422. The Morgan fingerprint density at radius 2 is 2.05 bits per heavy atom. The summed E-state index contributed by atoms with van der Waals surface area (Å²) in [5.41, 5.74) is 0.311. The average molecular weight is 287 g/mol. The molecule has 2 aromatic rings. The third kappa shape index (κ3) is 3.36. The minimum atomic E-state index is -4.44. The van der Waals surface area contributed by atoms with Crippen molar-refractivity contribution in [1.82, 2.24) is 15.1 Å². The highest BCUT2D eigenvalue weighted by Gasteiger charge is 2.32. The van der Waals surface area contributed by atoms with Crippen molar-refractivity contribution in [3.63, 3.8) is 0 Å². The highest BCUT2D eigenvalue weighted by atomic mass is 19.4. The molecule has 0 unspecified atom stereocenters. The molecule has 0 spiro atoms. The number of rotatable bonds is 4. The van der Waals surface area contributed by atoms with Crippen molar-refractivity contribution in [1.29, 1.82) is 0 Å². The molecule has 7 heteroatoms. The fraction of sp³-hybridized carbons (Fsp3) is 0.308. The van der Waals surface area contributed by atoms with E-state index in [0.29, 0.717) is 12.1 Å². The van der Waals surface area contributed by atoms with Crippen LogP contribution in [0.5, 0.6) is 0 Å². The molecule has 0 aliphatic rings. The maximum atomic E-state index is 13.7. The normalized spacial score (nSPS) is 11.8. The van der Waals surface area contributed by atoms with Gasteiger partial charge in [-0.25, -0.2) is 4.39 Å². The molecule has 0 aliphatic carbocycles. The second kappa shape index (κ2) is 5.62. The Hall–Kier alpha value is -1.89. The molecule has 2 rings (SSSR count). The van der Waals surface area contributed by atoms with Crippen molar-refractivity contribution in [3.05, 3.63) is 53.1 Å². The van der Waals surface area contributed by atoms with Crippen LogP contribution in [0.4, 0.5) is 17.6 Å². The standard InChI is InChI=1S/C13H13F4N3/c1-18-5-9-2-3-12(14)10(4-9)7-20-8-11(6-19-20)13(15,16)17/h2-4,6,8,18H,5,7H2,1H3. The van der Waals surface area contributed by atoms with Crippen molar-refractivity contribution in [3.8, 4) is 0 Å². The molecule has 1 aromatic carbocycles. The second-order valence-corrected chi connectivity index (χ2v) is 4.38. The van der Waals surface area contributed by atoms with Gasteiger partial charge in [0.15, 0.2) is 0 Å². The summed E-state index contributed by atoms with van der Waals surface area (Å²) in [5.74, 6) is -0.464. The van der Waals surface area contributed by atoms with Crippen molar-refractivity contribution in [2.45, 2.75) is 19.3 Å². The fourth-order valence-corrected chi connectivity index (χ4v) is 1.83. The summed E-state index contributed by atoms with van der Waals surface area (Å²) < 4.78 is 52.1. The maximum Gasteiger partial charge on any atom is 0.419 e. The highest BCUT2D eigenvalue weighted by Crippen LogP contribution is 2.28. The van der Waals surface area contributed by atoms with E-state index in [1.54, 1.807) is 19.2 Å². The van der Waals surface area contributed by atoms with E-state index in [1.807, 2.05) is 0 Å². The molecule has 0 atom stereocenters.